The second kappa shape index (κ2) is 9.38. The van der Waals surface area contributed by atoms with Crippen molar-refractivity contribution in [2.75, 3.05) is 18.4 Å². The summed E-state index contributed by atoms with van der Waals surface area (Å²) in [6, 6.07) is 7.46. The van der Waals surface area contributed by atoms with Crippen LogP contribution >= 0.6 is 22.9 Å². The normalized spacial score (nSPS) is 18.3. The molecule has 0 spiro atoms. The van der Waals surface area contributed by atoms with E-state index in [9.17, 15) is 14.4 Å². The van der Waals surface area contributed by atoms with Gasteiger partial charge in [-0.3, -0.25) is 19.7 Å². The first-order chi connectivity index (χ1) is 14.9. The lowest BCUT2D eigenvalue weighted by atomic mass is 10.0. The Morgan fingerprint density at radius 3 is 2.81 bits per heavy atom. The molecule has 1 saturated heterocycles. The summed E-state index contributed by atoms with van der Waals surface area (Å²) in [5.41, 5.74) is 3.05. The summed E-state index contributed by atoms with van der Waals surface area (Å²) >= 11 is 7.71. The van der Waals surface area contributed by atoms with Crippen molar-refractivity contribution in [3.8, 4) is 0 Å². The summed E-state index contributed by atoms with van der Waals surface area (Å²) in [7, 11) is 0. The van der Waals surface area contributed by atoms with Crippen LogP contribution in [0.1, 0.15) is 44.9 Å². The van der Waals surface area contributed by atoms with Crippen LogP contribution in [-0.4, -0.2) is 41.8 Å². The monoisotopic (exact) mass is 460 g/mol. The first kappa shape index (κ1) is 21.8. The van der Waals surface area contributed by atoms with Gasteiger partial charge in [0.2, 0.25) is 11.8 Å². The number of hydrogen-bond acceptors (Lipinski definition) is 6. The first-order valence-electron chi connectivity index (χ1n) is 10.4. The number of hydrogen-bond donors (Lipinski definition) is 3. The Morgan fingerprint density at radius 2 is 2.06 bits per heavy atom. The Bertz CT molecular complexity index is 1020. The molecule has 3 heterocycles. The number of anilines is 1. The maximum atomic E-state index is 12.8. The fourth-order valence-corrected chi connectivity index (χ4v) is 5.30. The molecule has 4 rings (SSSR count). The van der Waals surface area contributed by atoms with Crippen molar-refractivity contribution < 1.29 is 14.4 Å². The Morgan fingerprint density at radius 1 is 1.23 bits per heavy atom. The number of thiophene rings is 1. The van der Waals surface area contributed by atoms with Crippen LogP contribution in [0.25, 0.3) is 0 Å². The summed E-state index contributed by atoms with van der Waals surface area (Å²) < 4.78 is 0. The highest BCUT2D eigenvalue weighted by Crippen LogP contribution is 2.33. The molecule has 3 amide bonds. The van der Waals surface area contributed by atoms with Gasteiger partial charge in [0.1, 0.15) is 6.04 Å². The van der Waals surface area contributed by atoms with Crippen molar-refractivity contribution in [2.24, 2.45) is 0 Å². The van der Waals surface area contributed by atoms with E-state index < -0.39 is 6.04 Å². The average molecular weight is 461 g/mol. The van der Waals surface area contributed by atoms with Crippen molar-refractivity contribution >= 4 is 46.3 Å². The molecule has 164 valence electrons. The quantitative estimate of drug-likeness (QED) is 0.416. The number of imide groups is 1. The molecule has 1 unspecified atom stereocenters. The van der Waals surface area contributed by atoms with Crippen LogP contribution in [0.5, 0.6) is 0 Å². The third-order valence-corrected chi connectivity index (χ3v) is 6.99. The molecule has 2 aliphatic heterocycles. The van der Waals surface area contributed by atoms with Crippen LogP contribution in [0.2, 0.25) is 5.02 Å². The fraction of sp³-hybridized carbons (Fsp3) is 0.409. The number of carbonyl (C=O) groups excluding carboxylic acids is 3. The fourth-order valence-electron chi connectivity index (χ4n) is 3.90. The van der Waals surface area contributed by atoms with Gasteiger partial charge in [-0.25, -0.2) is 0 Å². The van der Waals surface area contributed by atoms with Gasteiger partial charge < -0.3 is 15.5 Å². The highest BCUT2D eigenvalue weighted by atomic mass is 35.5. The second-order valence-electron chi connectivity index (χ2n) is 7.91. The maximum absolute atomic E-state index is 12.8. The van der Waals surface area contributed by atoms with E-state index in [1.54, 1.807) is 4.90 Å². The third kappa shape index (κ3) is 4.92. The van der Waals surface area contributed by atoms with Crippen LogP contribution in [-0.2, 0) is 22.7 Å². The number of amides is 3. The van der Waals surface area contributed by atoms with E-state index in [1.165, 1.54) is 11.3 Å². The summed E-state index contributed by atoms with van der Waals surface area (Å²) in [5.74, 6) is -0.754. The van der Waals surface area contributed by atoms with E-state index in [2.05, 4.69) is 16.0 Å². The molecule has 0 radical (unpaired) electrons. The van der Waals surface area contributed by atoms with E-state index in [0.717, 1.165) is 46.2 Å². The van der Waals surface area contributed by atoms with Gasteiger partial charge in [0.05, 0.1) is 15.6 Å². The number of halogens is 1. The van der Waals surface area contributed by atoms with Gasteiger partial charge in [-0.05, 0) is 55.6 Å². The Kier molecular flexibility index (Phi) is 6.60. The topological polar surface area (TPSA) is 90.5 Å². The Hall–Kier alpha value is -2.42. The molecule has 1 atom stereocenters. The zero-order valence-electron chi connectivity index (χ0n) is 17.3. The molecular weight excluding hydrogens is 436 g/mol. The molecular formula is C22H25ClN4O3S. The predicted molar refractivity (Wildman–Crippen MR) is 121 cm³/mol. The third-order valence-electron chi connectivity index (χ3n) is 5.51. The molecule has 3 N–H and O–H groups in total. The molecule has 2 aromatic rings. The molecule has 0 aliphatic carbocycles. The zero-order chi connectivity index (χ0) is 22.0. The van der Waals surface area contributed by atoms with Crippen LogP contribution in [0.4, 0.5) is 5.69 Å². The molecule has 7 nitrogen and oxygen atoms in total. The van der Waals surface area contributed by atoms with Crippen LogP contribution < -0.4 is 16.0 Å². The van der Waals surface area contributed by atoms with Crippen LogP contribution in [0, 0.1) is 6.92 Å². The highest BCUT2D eigenvalue weighted by Gasteiger charge is 2.40. The van der Waals surface area contributed by atoms with Crippen molar-refractivity contribution in [1.29, 1.82) is 0 Å². The van der Waals surface area contributed by atoms with Gasteiger partial charge in [-0.15, -0.1) is 11.3 Å². The number of nitrogens with one attached hydrogen (secondary N) is 3. The number of nitrogens with zero attached hydrogens (tertiary/aromatic N) is 1. The first-order valence-corrected chi connectivity index (χ1v) is 11.6. The summed E-state index contributed by atoms with van der Waals surface area (Å²) in [4.78, 5) is 39.6. The second-order valence-corrected chi connectivity index (χ2v) is 9.45. The van der Waals surface area contributed by atoms with E-state index in [1.807, 2.05) is 31.2 Å². The number of fused-ring (bicyclic) bond motifs is 1. The van der Waals surface area contributed by atoms with Gasteiger partial charge in [-0.2, -0.15) is 0 Å². The van der Waals surface area contributed by atoms with E-state index in [-0.39, 0.29) is 24.1 Å². The van der Waals surface area contributed by atoms with Gasteiger partial charge in [0, 0.05) is 30.9 Å². The number of piperidine rings is 1. The molecule has 0 bridgehead atoms. The number of aryl methyl sites for hydroxylation is 1. The van der Waals surface area contributed by atoms with Crippen molar-refractivity contribution in [3.63, 3.8) is 0 Å². The number of benzene rings is 1. The zero-order valence-corrected chi connectivity index (χ0v) is 18.9. The van der Waals surface area contributed by atoms with Gasteiger partial charge in [0.25, 0.3) is 5.91 Å². The number of carbonyl (C=O) groups is 3. The average Bonchev–Trinajstić information content (AvgIpc) is 3.25. The molecule has 9 heteroatoms. The van der Waals surface area contributed by atoms with Gasteiger partial charge in [0.15, 0.2) is 0 Å². The number of rotatable bonds is 8. The SMILES string of the molecule is Cc1ccc(NCCCNCc2cc3c(s2)C(=O)N(C2CCC(=O)NC2=O)C3)c(Cl)c1. The van der Waals surface area contributed by atoms with Crippen LogP contribution in [0.15, 0.2) is 24.3 Å². The molecule has 2 aliphatic rings. The molecule has 1 fully saturated rings. The largest absolute Gasteiger partial charge is 0.384 e. The van der Waals surface area contributed by atoms with Crippen molar-refractivity contribution in [1.82, 2.24) is 15.5 Å². The Labute approximate surface area is 190 Å². The van der Waals surface area contributed by atoms with E-state index >= 15 is 0 Å². The lowest BCUT2D eigenvalue weighted by molar-refractivity contribution is -0.136. The van der Waals surface area contributed by atoms with Crippen molar-refractivity contribution in [2.45, 2.75) is 45.3 Å². The standard InChI is InChI=1S/C22H25ClN4O3S/c1-13-3-4-17(16(23)9-13)25-8-2-7-24-11-15-10-14-12-27(22(30)20(14)31-15)18-5-6-19(28)26-21(18)29/h3-4,9-10,18,24-25H,2,5-8,11-12H2,1H3,(H,26,28,29). The maximum Gasteiger partial charge on any atom is 0.265 e. The van der Waals surface area contributed by atoms with Gasteiger partial charge >= 0.3 is 0 Å². The summed E-state index contributed by atoms with van der Waals surface area (Å²) in [6.07, 6.45) is 1.60. The molecule has 1 aromatic heterocycles. The summed E-state index contributed by atoms with van der Waals surface area (Å²) in [5, 5.41) is 9.82. The molecule has 0 saturated carbocycles. The molecule has 31 heavy (non-hydrogen) atoms. The summed E-state index contributed by atoms with van der Waals surface area (Å²) in [6.45, 7) is 4.80. The van der Waals surface area contributed by atoms with E-state index in [4.69, 9.17) is 11.6 Å². The smallest absolute Gasteiger partial charge is 0.265 e. The lowest BCUT2D eigenvalue weighted by Gasteiger charge is -2.29. The van der Waals surface area contributed by atoms with Crippen molar-refractivity contribution in [3.05, 3.63) is 50.2 Å². The van der Waals surface area contributed by atoms with Crippen LogP contribution in [0.3, 0.4) is 0 Å². The van der Waals surface area contributed by atoms with Gasteiger partial charge in [-0.1, -0.05) is 17.7 Å². The highest BCUT2D eigenvalue weighted by molar-refractivity contribution is 7.14. The Balaban J connectivity index is 1.21. The predicted octanol–water partition coefficient (Wildman–Crippen LogP) is 3.06. The lowest BCUT2D eigenvalue weighted by Crippen LogP contribution is -2.52. The minimum atomic E-state index is -0.555. The molecule has 1 aromatic carbocycles. The minimum absolute atomic E-state index is 0.111. The van der Waals surface area contributed by atoms with E-state index in [0.29, 0.717) is 24.4 Å². The minimum Gasteiger partial charge on any atom is -0.384 e.